The molecule has 3 nitrogen and oxygen atoms in total. The molecule has 0 aromatic heterocycles. The van der Waals surface area contributed by atoms with E-state index in [-0.39, 0.29) is 6.10 Å². The van der Waals surface area contributed by atoms with Gasteiger partial charge >= 0.3 is 0 Å². The van der Waals surface area contributed by atoms with Gasteiger partial charge in [0.05, 0.1) is 12.2 Å². The Morgan fingerprint density at radius 2 is 2.06 bits per heavy atom. The minimum Gasteiger partial charge on any atom is -0.491 e. The molecule has 0 amide bonds. The third-order valence-electron chi connectivity index (χ3n) is 2.79. The third-order valence-corrected chi connectivity index (χ3v) is 2.79. The predicted molar refractivity (Wildman–Crippen MR) is 73.5 cm³/mol. The van der Waals surface area contributed by atoms with Crippen LogP contribution < -0.4 is 10.1 Å². The molecule has 1 aromatic carbocycles. The molecular formula is C15H22N2O. The van der Waals surface area contributed by atoms with Gasteiger partial charge in [0.15, 0.2) is 0 Å². The molecule has 1 aromatic rings. The Kier molecular flexibility index (Phi) is 5.67. The normalized spacial score (nSPS) is 15.4. The van der Waals surface area contributed by atoms with Gasteiger partial charge in [-0.2, -0.15) is 5.26 Å². The molecule has 98 valence electrons. The standard InChI is InChI=1S/C15H22N2O/c1-4-10-17-15(3,12-16)11-13(2)18-14-8-6-5-7-9-14/h5-9,13,17H,4,10-11H2,1-3H3. The van der Waals surface area contributed by atoms with Crippen molar-refractivity contribution in [3.8, 4) is 11.8 Å². The third kappa shape index (κ3) is 4.77. The van der Waals surface area contributed by atoms with Gasteiger partial charge in [0.25, 0.3) is 0 Å². The van der Waals surface area contributed by atoms with E-state index in [0.717, 1.165) is 18.7 Å². The van der Waals surface area contributed by atoms with E-state index in [0.29, 0.717) is 6.42 Å². The molecule has 0 radical (unpaired) electrons. The van der Waals surface area contributed by atoms with Gasteiger partial charge in [0, 0.05) is 6.42 Å². The molecule has 0 bridgehead atoms. The van der Waals surface area contributed by atoms with Gasteiger partial charge in [-0.25, -0.2) is 0 Å². The highest BCUT2D eigenvalue weighted by atomic mass is 16.5. The Morgan fingerprint density at radius 1 is 1.39 bits per heavy atom. The Bertz CT molecular complexity index is 385. The maximum Gasteiger partial charge on any atom is 0.119 e. The first-order valence-corrected chi connectivity index (χ1v) is 6.47. The van der Waals surface area contributed by atoms with Crippen LogP contribution in [0.15, 0.2) is 30.3 Å². The summed E-state index contributed by atoms with van der Waals surface area (Å²) >= 11 is 0. The molecule has 0 aliphatic rings. The van der Waals surface area contributed by atoms with Crippen molar-refractivity contribution in [2.75, 3.05) is 6.54 Å². The van der Waals surface area contributed by atoms with Crippen LogP contribution in [0, 0.1) is 11.3 Å². The van der Waals surface area contributed by atoms with Gasteiger partial charge in [-0.15, -0.1) is 0 Å². The van der Waals surface area contributed by atoms with Crippen LogP contribution in [0.25, 0.3) is 0 Å². The largest absolute Gasteiger partial charge is 0.491 e. The first-order chi connectivity index (χ1) is 8.59. The average molecular weight is 246 g/mol. The number of hydrogen-bond donors (Lipinski definition) is 1. The predicted octanol–water partition coefficient (Wildman–Crippen LogP) is 3.13. The molecular weight excluding hydrogens is 224 g/mol. The molecule has 2 unspecified atom stereocenters. The molecule has 1 rings (SSSR count). The number of rotatable bonds is 7. The number of benzene rings is 1. The summed E-state index contributed by atoms with van der Waals surface area (Å²) in [6, 6.07) is 12.0. The molecule has 0 aliphatic carbocycles. The fourth-order valence-electron chi connectivity index (χ4n) is 1.91. The van der Waals surface area contributed by atoms with Crippen LogP contribution in [0.5, 0.6) is 5.75 Å². The topological polar surface area (TPSA) is 45.0 Å². The second-order valence-electron chi connectivity index (χ2n) is 4.82. The molecule has 0 saturated heterocycles. The summed E-state index contributed by atoms with van der Waals surface area (Å²) in [6.45, 7) is 6.86. The van der Waals surface area contributed by atoms with Crippen LogP contribution >= 0.6 is 0 Å². The Hall–Kier alpha value is -1.53. The van der Waals surface area contributed by atoms with Crippen molar-refractivity contribution in [3.05, 3.63) is 30.3 Å². The quantitative estimate of drug-likeness (QED) is 0.804. The molecule has 0 fully saturated rings. The monoisotopic (exact) mass is 246 g/mol. The second kappa shape index (κ2) is 7.03. The van der Waals surface area contributed by atoms with Crippen molar-refractivity contribution in [2.45, 2.75) is 45.3 Å². The fourth-order valence-corrected chi connectivity index (χ4v) is 1.91. The summed E-state index contributed by atoms with van der Waals surface area (Å²) in [5.41, 5.74) is -0.524. The van der Waals surface area contributed by atoms with Gasteiger partial charge in [-0.1, -0.05) is 25.1 Å². The lowest BCUT2D eigenvalue weighted by molar-refractivity contribution is 0.180. The van der Waals surface area contributed by atoms with E-state index in [4.69, 9.17) is 4.74 Å². The summed E-state index contributed by atoms with van der Waals surface area (Å²) in [4.78, 5) is 0. The lowest BCUT2D eigenvalue weighted by atomic mass is 9.96. The molecule has 2 atom stereocenters. The van der Waals surface area contributed by atoms with Crippen molar-refractivity contribution >= 4 is 0 Å². The van der Waals surface area contributed by atoms with Crippen LogP contribution in [0.2, 0.25) is 0 Å². The van der Waals surface area contributed by atoms with Gasteiger partial charge in [-0.3, -0.25) is 5.32 Å². The number of nitriles is 1. The van der Waals surface area contributed by atoms with E-state index < -0.39 is 5.54 Å². The van der Waals surface area contributed by atoms with E-state index >= 15 is 0 Å². The highest BCUT2D eigenvalue weighted by Gasteiger charge is 2.26. The van der Waals surface area contributed by atoms with Crippen LogP contribution in [-0.4, -0.2) is 18.2 Å². The zero-order valence-electron chi connectivity index (χ0n) is 11.4. The average Bonchev–Trinajstić information content (AvgIpc) is 2.37. The summed E-state index contributed by atoms with van der Waals surface area (Å²) in [5, 5.41) is 12.5. The van der Waals surface area contributed by atoms with Crippen molar-refractivity contribution in [2.24, 2.45) is 0 Å². The molecule has 3 heteroatoms. The minimum absolute atomic E-state index is 0.00130. The van der Waals surface area contributed by atoms with E-state index in [1.165, 1.54) is 0 Å². The lowest BCUT2D eigenvalue weighted by Crippen LogP contribution is -2.44. The smallest absolute Gasteiger partial charge is 0.119 e. The maximum atomic E-state index is 9.26. The summed E-state index contributed by atoms with van der Waals surface area (Å²) < 4.78 is 5.80. The highest BCUT2D eigenvalue weighted by Crippen LogP contribution is 2.17. The lowest BCUT2D eigenvalue weighted by Gasteiger charge is -2.27. The van der Waals surface area contributed by atoms with Crippen LogP contribution in [-0.2, 0) is 0 Å². The zero-order chi connectivity index (χ0) is 13.4. The first kappa shape index (κ1) is 14.5. The Balaban J connectivity index is 2.52. The van der Waals surface area contributed by atoms with Crippen molar-refractivity contribution in [3.63, 3.8) is 0 Å². The minimum atomic E-state index is -0.524. The van der Waals surface area contributed by atoms with E-state index in [1.54, 1.807) is 0 Å². The number of para-hydroxylation sites is 1. The van der Waals surface area contributed by atoms with Crippen LogP contribution in [0.1, 0.15) is 33.6 Å². The van der Waals surface area contributed by atoms with Crippen LogP contribution in [0.4, 0.5) is 0 Å². The maximum absolute atomic E-state index is 9.26. The van der Waals surface area contributed by atoms with E-state index in [1.807, 2.05) is 44.2 Å². The number of nitrogens with zero attached hydrogens (tertiary/aromatic N) is 1. The number of nitrogens with one attached hydrogen (secondary N) is 1. The van der Waals surface area contributed by atoms with Gasteiger partial charge in [0.2, 0.25) is 0 Å². The molecule has 1 N–H and O–H groups in total. The van der Waals surface area contributed by atoms with Crippen molar-refractivity contribution in [1.29, 1.82) is 5.26 Å². The van der Waals surface area contributed by atoms with E-state index in [9.17, 15) is 5.26 Å². The first-order valence-electron chi connectivity index (χ1n) is 6.47. The molecule has 0 heterocycles. The molecule has 0 aliphatic heterocycles. The van der Waals surface area contributed by atoms with Crippen molar-refractivity contribution in [1.82, 2.24) is 5.32 Å². The number of ether oxygens (including phenoxy) is 1. The van der Waals surface area contributed by atoms with Crippen molar-refractivity contribution < 1.29 is 4.74 Å². The molecule has 0 saturated carbocycles. The zero-order valence-corrected chi connectivity index (χ0v) is 11.4. The summed E-state index contributed by atoms with van der Waals surface area (Å²) in [5.74, 6) is 0.848. The Morgan fingerprint density at radius 3 is 2.61 bits per heavy atom. The Labute approximate surface area is 110 Å². The SMILES string of the molecule is CCCNC(C)(C#N)CC(C)Oc1ccccc1. The molecule has 18 heavy (non-hydrogen) atoms. The summed E-state index contributed by atoms with van der Waals surface area (Å²) in [7, 11) is 0. The highest BCUT2D eigenvalue weighted by molar-refractivity contribution is 5.21. The fraction of sp³-hybridized carbons (Fsp3) is 0.533. The number of hydrogen-bond acceptors (Lipinski definition) is 3. The summed E-state index contributed by atoms with van der Waals surface area (Å²) in [6.07, 6.45) is 1.69. The van der Waals surface area contributed by atoms with Crippen LogP contribution in [0.3, 0.4) is 0 Å². The van der Waals surface area contributed by atoms with E-state index in [2.05, 4.69) is 18.3 Å². The second-order valence-corrected chi connectivity index (χ2v) is 4.82. The van der Waals surface area contributed by atoms with Gasteiger partial charge in [0.1, 0.15) is 11.3 Å². The van der Waals surface area contributed by atoms with Gasteiger partial charge < -0.3 is 4.74 Å². The molecule has 0 spiro atoms. The van der Waals surface area contributed by atoms with Gasteiger partial charge in [-0.05, 0) is 38.9 Å².